The predicted molar refractivity (Wildman–Crippen MR) is 125 cm³/mol. The lowest BCUT2D eigenvalue weighted by atomic mass is 9.78. The molecule has 0 amide bonds. The zero-order valence-electron chi connectivity index (χ0n) is 17.8. The molecular weight excluding hydrogens is 384 g/mol. The first kappa shape index (κ1) is 19.4. The molecule has 2 unspecified atom stereocenters. The van der Waals surface area contributed by atoms with Crippen LogP contribution in [0.25, 0.3) is 0 Å². The highest BCUT2D eigenvalue weighted by Gasteiger charge is 2.36. The SMILES string of the molecule is COc1ccccc1C1CC(=O)C2=C(C1)Nc1ccccc1NC2c1ccc(C)cc1. The van der Waals surface area contributed by atoms with Gasteiger partial charge in [-0.1, -0.05) is 60.2 Å². The maximum absolute atomic E-state index is 13.6. The van der Waals surface area contributed by atoms with Gasteiger partial charge in [0.25, 0.3) is 0 Å². The summed E-state index contributed by atoms with van der Waals surface area (Å²) in [6, 6.07) is 24.4. The zero-order chi connectivity index (χ0) is 21.4. The molecule has 1 heterocycles. The van der Waals surface area contributed by atoms with Crippen LogP contribution in [0.4, 0.5) is 11.4 Å². The van der Waals surface area contributed by atoms with Crippen molar-refractivity contribution < 1.29 is 9.53 Å². The largest absolute Gasteiger partial charge is 0.496 e. The number of carbonyl (C=O) groups is 1. The number of fused-ring (bicyclic) bond motifs is 1. The molecule has 3 aromatic carbocycles. The Kier molecular flexibility index (Phi) is 4.99. The van der Waals surface area contributed by atoms with Gasteiger partial charge >= 0.3 is 0 Å². The third-order valence-electron chi connectivity index (χ3n) is 6.30. The van der Waals surface area contributed by atoms with E-state index in [2.05, 4.69) is 60.0 Å². The van der Waals surface area contributed by atoms with E-state index in [9.17, 15) is 4.79 Å². The number of aryl methyl sites for hydroxylation is 1. The van der Waals surface area contributed by atoms with E-state index in [-0.39, 0.29) is 17.7 Å². The van der Waals surface area contributed by atoms with E-state index in [1.165, 1.54) is 5.56 Å². The third kappa shape index (κ3) is 3.59. The van der Waals surface area contributed by atoms with Crippen LogP contribution in [0.2, 0.25) is 0 Å². The topological polar surface area (TPSA) is 50.4 Å². The summed E-state index contributed by atoms with van der Waals surface area (Å²) >= 11 is 0. The molecular formula is C27H26N2O2. The fraction of sp³-hybridized carbons (Fsp3) is 0.222. The van der Waals surface area contributed by atoms with Gasteiger partial charge in [-0.3, -0.25) is 4.79 Å². The second-order valence-electron chi connectivity index (χ2n) is 8.32. The van der Waals surface area contributed by atoms with Crippen LogP contribution in [0.3, 0.4) is 0 Å². The number of benzene rings is 3. The summed E-state index contributed by atoms with van der Waals surface area (Å²) in [6.45, 7) is 2.08. The number of Topliss-reactive ketones (excluding diaryl/α,β-unsaturated/α-hetero) is 1. The molecule has 156 valence electrons. The van der Waals surface area contributed by atoms with Crippen molar-refractivity contribution in [3.8, 4) is 5.75 Å². The molecule has 0 fully saturated rings. The molecule has 2 N–H and O–H groups in total. The van der Waals surface area contributed by atoms with E-state index in [0.29, 0.717) is 6.42 Å². The van der Waals surface area contributed by atoms with Gasteiger partial charge in [0.2, 0.25) is 0 Å². The summed E-state index contributed by atoms with van der Waals surface area (Å²) in [6.07, 6.45) is 1.24. The average Bonchev–Trinajstić information content (AvgIpc) is 2.96. The first-order valence-corrected chi connectivity index (χ1v) is 10.7. The Balaban J connectivity index is 1.61. The quantitative estimate of drug-likeness (QED) is 0.557. The number of ketones is 1. The first-order chi connectivity index (χ1) is 15.1. The Morgan fingerprint density at radius 3 is 2.35 bits per heavy atom. The number of anilines is 2. The van der Waals surface area contributed by atoms with Gasteiger partial charge in [-0.2, -0.15) is 0 Å². The van der Waals surface area contributed by atoms with Crippen molar-refractivity contribution in [2.24, 2.45) is 0 Å². The number of allylic oxidation sites excluding steroid dienone is 1. The van der Waals surface area contributed by atoms with E-state index in [1.54, 1.807) is 7.11 Å². The molecule has 1 aliphatic heterocycles. The normalized spacial score (nSPS) is 20.1. The molecule has 31 heavy (non-hydrogen) atoms. The Hall–Kier alpha value is -3.53. The van der Waals surface area contributed by atoms with Crippen LogP contribution in [0, 0.1) is 6.92 Å². The summed E-state index contributed by atoms with van der Waals surface area (Å²) in [5, 5.41) is 7.23. The molecule has 0 spiro atoms. The highest BCUT2D eigenvalue weighted by atomic mass is 16.5. The molecule has 4 heteroatoms. The number of methoxy groups -OCH3 is 1. The first-order valence-electron chi connectivity index (χ1n) is 10.7. The number of para-hydroxylation sites is 3. The van der Waals surface area contributed by atoms with Crippen molar-refractivity contribution >= 4 is 17.2 Å². The minimum Gasteiger partial charge on any atom is -0.496 e. The van der Waals surface area contributed by atoms with Gasteiger partial charge in [-0.15, -0.1) is 0 Å². The van der Waals surface area contributed by atoms with E-state index in [1.807, 2.05) is 30.3 Å². The molecule has 0 radical (unpaired) electrons. The van der Waals surface area contributed by atoms with E-state index in [4.69, 9.17) is 4.74 Å². The molecule has 2 atom stereocenters. The molecule has 3 aromatic rings. The minimum atomic E-state index is -0.183. The molecule has 2 aliphatic rings. The fourth-order valence-electron chi connectivity index (χ4n) is 4.72. The van der Waals surface area contributed by atoms with Crippen LogP contribution in [0.5, 0.6) is 5.75 Å². The van der Waals surface area contributed by atoms with Crippen LogP contribution in [0.1, 0.15) is 41.5 Å². The van der Waals surface area contributed by atoms with Crippen molar-refractivity contribution in [2.75, 3.05) is 17.7 Å². The molecule has 0 saturated carbocycles. The van der Waals surface area contributed by atoms with Crippen molar-refractivity contribution in [3.05, 3.63) is 101 Å². The molecule has 0 saturated heterocycles. The Morgan fingerprint density at radius 1 is 0.871 bits per heavy atom. The second-order valence-corrected chi connectivity index (χ2v) is 8.32. The van der Waals surface area contributed by atoms with Gasteiger partial charge in [0.15, 0.2) is 5.78 Å². The standard InChI is InChI=1S/C27H26N2O2/c1-17-11-13-18(14-12-17)27-26-23(28-21-8-4-5-9-22(21)29-27)15-19(16-24(26)30)20-7-3-6-10-25(20)31-2/h3-14,19,27-29H,15-16H2,1-2H3. The van der Waals surface area contributed by atoms with Crippen LogP contribution in [0.15, 0.2) is 84.1 Å². The predicted octanol–water partition coefficient (Wildman–Crippen LogP) is 5.98. The fourth-order valence-corrected chi connectivity index (χ4v) is 4.72. The van der Waals surface area contributed by atoms with E-state index in [0.717, 1.165) is 45.9 Å². The van der Waals surface area contributed by atoms with Gasteiger partial charge in [0.1, 0.15) is 5.75 Å². The van der Waals surface area contributed by atoms with Crippen molar-refractivity contribution in [2.45, 2.75) is 31.7 Å². The van der Waals surface area contributed by atoms with Gasteiger partial charge in [-0.05, 0) is 42.7 Å². The van der Waals surface area contributed by atoms with Gasteiger partial charge < -0.3 is 15.4 Å². The highest BCUT2D eigenvalue weighted by Crippen LogP contribution is 2.45. The second kappa shape index (κ2) is 7.95. The van der Waals surface area contributed by atoms with E-state index >= 15 is 0 Å². The summed E-state index contributed by atoms with van der Waals surface area (Å²) in [5.74, 6) is 1.10. The number of hydrogen-bond acceptors (Lipinski definition) is 4. The third-order valence-corrected chi connectivity index (χ3v) is 6.30. The summed E-state index contributed by atoms with van der Waals surface area (Å²) < 4.78 is 5.59. The highest BCUT2D eigenvalue weighted by molar-refractivity contribution is 6.01. The maximum Gasteiger partial charge on any atom is 0.163 e. The summed E-state index contributed by atoms with van der Waals surface area (Å²) in [7, 11) is 1.69. The van der Waals surface area contributed by atoms with Gasteiger partial charge in [0.05, 0.1) is 24.5 Å². The minimum absolute atomic E-state index is 0.0823. The number of ether oxygens (including phenoxy) is 1. The number of carbonyl (C=O) groups excluding carboxylic acids is 1. The molecule has 1 aliphatic carbocycles. The van der Waals surface area contributed by atoms with Gasteiger partial charge in [0, 0.05) is 23.6 Å². The summed E-state index contributed by atoms with van der Waals surface area (Å²) in [5.41, 5.74) is 7.23. The van der Waals surface area contributed by atoms with Gasteiger partial charge in [-0.25, -0.2) is 0 Å². The Labute approximate surface area is 183 Å². The lowest BCUT2D eigenvalue weighted by Crippen LogP contribution is -2.27. The lowest BCUT2D eigenvalue weighted by Gasteiger charge is -2.30. The van der Waals surface area contributed by atoms with Crippen molar-refractivity contribution in [1.82, 2.24) is 0 Å². The monoisotopic (exact) mass is 410 g/mol. The van der Waals surface area contributed by atoms with Crippen molar-refractivity contribution in [3.63, 3.8) is 0 Å². The van der Waals surface area contributed by atoms with Crippen LogP contribution >= 0.6 is 0 Å². The van der Waals surface area contributed by atoms with Crippen LogP contribution < -0.4 is 15.4 Å². The molecule has 4 nitrogen and oxygen atoms in total. The smallest absolute Gasteiger partial charge is 0.163 e. The Morgan fingerprint density at radius 2 is 1.58 bits per heavy atom. The molecule has 5 rings (SSSR count). The molecule has 0 bridgehead atoms. The number of rotatable bonds is 3. The Bertz CT molecular complexity index is 1160. The lowest BCUT2D eigenvalue weighted by molar-refractivity contribution is -0.116. The number of hydrogen-bond donors (Lipinski definition) is 2. The van der Waals surface area contributed by atoms with Crippen LogP contribution in [-0.4, -0.2) is 12.9 Å². The number of nitrogens with one attached hydrogen (secondary N) is 2. The maximum atomic E-state index is 13.6. The average molecular weight is 411 g/mol. The molecule has 0 aromatic heterocycles. The van der Waals surface area contributed by atoms with E-state index < -0.39 is 0 Å². The zero-order valence-corrected chi connectivity index (χ0v) is 17.8. The van der Waals surface area contributed by atoms with Crippen LogP contribution in [-0.2, 0) is 4.79 Å². The van der Waals surface area contributed by atoms with Crippen molar-refractivity contribution in [1.29, 1.82) is 0 Å². The summed E-state index contributed by atoms with van der Waals surface area (Å²) in [4.78, 5) is 13.6.